The van der Waals surface area contributed by atoms with Crippen molar-refractivity contribution in [2.75, 3.05) is 19.8 Å². The molecule has 2 rings (SSSR count). The zero-order valence-corrected chi connectivity index (χ0v) is 18.6. The van der Waals surface area contributed by atoms with Crippen LogP contribution in [0.5, 0.6) is 5.75 Å². The van der Waals surface area contributed by atoms with Gasteiger partial charge in [0.2, 0.25) is 0 Å². The Kier molecular flexibility index (Phi) is 9.93. The van der Waals surface area contributed by atoms with Crippen LogP contribution in [0.4, 0.5) is 0 Å². The van der Waals surface area contributed by atoms with Gasteiger partial charge in [-0.25, -0.2) is 9.59 Å². The maximum atomic E-state index is 12.0. The van der Waals surface area contributed by atoms with E-state index in [9.17, 15) is 14.7 Å². The molecule has 0 saturated carbocycles. The van der Waals surface area contributed by atoms with Gasteiger partial charge in [-0.05, 0) is 47.8 Å². The van der Waals surface area contributed by atoms with E-state index in [1.54, 1.807) is 18.2 Å². The van der Waals surface area contributed by atoms with Crippen LogP contribution in [0.1, 0.15) is 38.5 Å². The minimum atomic E-state index is -1.06. The van der Waals surface area contributed by atoms with Crippen molar-refractivity contribution in [3.05, 3.63) is 40.9 Å². The lowest BCUT2D eigenvalue weighted by Crippen LogP contribution is -2.31. The Bertz CT molecular complexity index is 738. The van der Waals surface area contributed by atoms with Gasteiger partial charge >= 0.3 is 11.9 Å². The third kappa shape index (κ3) is 7.81. The van der Waals surface area contributed by atoms with Gasteiger partial charge in [-0.15, -0.1) is 0 Å². The summed E-state index contributed by atoms with van der Waals surface area (Å²) < 4.78 is 27.4. The van der Waals surface area contributed by atoms with E-state index in [1.165, 1.54) is 0 Å². The third-order valence-electron chi connectivity index (χ3n) is 4.29. The average molecular weight is 487 g/mol. The van der Waals surface area contributed by atoms with Crippen LogP contribution in [0.3, 0.4) is 0 Å². The number of esters is 2. The van der Waals surface area contributed by atoms with Crippen LogP contribution in [0.25, 0.3) is 0 Å². The molecule has 1 heterocycles. The maximum Gasteiger partial charge on any atom is 0.337 e. The molecule has 9 heteroatoms. The lowest BCUT2D eigenvalue weighted by atomic mass is 10.1. The van der Waals surface area contributed by atoms with E-state index in [2.05, 4.69) is 34.2 Å². The van der Waals surface area contributed by atoms with Gasteiger partial charge in [-0.1, -0.05) is 19.6 Å². The fraction of sp³-hybridized carbons (Fsp3) is 0.524. The summed E-state index contributed by atoms with van der Waals surface area (Å²) in [6.45, 7) is 6.53. The molecule has 1 saturated heterocycles. The molecule has 0 aliphatic carbocycles. The van der Waals surface area contributed by atoms with Crippen molar-refractivity contribution < 1.29 is 38.4 Å². The fourth-order valence-corrected chi connectivity index (χ4v) is 3.26. The van der Waals surface area contributed by atoms with Gasteiger partial charge in [0.1, 0.15) is 25.1 Å². The van der Waals surface area contributed by atoms with Crippen molar-refractivity contribution in [3.8, 4) is 5.75 Å². The van der Waals surface area contributed by atoms with Crippen molar-refractivity contribution >= 4 is 27.9 Å². The number of carbonyl (C=O) groups is 2. The molecule has 30 heavy (non-hydrogen) atoms. The first-order valence-electron chi connectivity index (χ1n) is 9.68. The second-order valence-corrected chi connectivity index (χ2v) is 7.70. The first-order chi connectivity index (χ1) is 14.3. The third-order valence-corrected chi connectivity index (χ3v) is 4.91. The van der Waals surface area contributed by atoms with E-state index in [0.717, 1.165) is 24.5 Å². The molecule has 0 spiro atoms. The highest BCUT2D eigenvalue weighted by atomic mass is 79.9. The Morgan fingerprint density at radius 1 is 1.37 bits per heavy atom. The molecular weight excluding hydrogens is 460 g/mol. The molecular formula is C21H27BrO8. The number of hydrogen-bond acceptors (Lipinski definition) is 8. The largest absolute Gasteiger partial charge is 0.460 e. The van der Waals surface area contributed by atoms with E-state index in [0.29, 0.717) is 10.2 Å². The van der Waals surface area contributed by atoms with E-state index in [-0.39, 0.29) is 32.0 Å². The molecule has 0 bridgehead atoms. The molecule has 1 aliphatic heterocycles. The number of benzene rings is 1. The second kappa shape index (κ2) is 12.2. The number of aliphatic hydroxyl groups is 1. The van der Waals surface area contributed by atoms with Gasteiger partial charge in [-0.3, -0.25) is 0 Å². The first-order valence-corrected chi connectivity index (χ1v) is 10.5. The molecule has 1 aromatic carbocycles. The molecule has 1 aromatic rings. The number of ether oxygens (including phenoxy) is 5. The van der Waals surface area contributed by atoms with Crippen LogP contribution >= 0.6 is 15.9 Å². The summed E-state index contributed by atoms with van der Waals surface area (Å²) in [5, 5.41) is 9.63. The number of aliphatic hydroxyl groups excluding tert-OH is 1. The van der Waals surface area contributed by atoms with Crippen LogP contribution in [0, 0.1) is 0 Å². The van der Waals surface area contributed by atoms with E-state index >= 15 is 0 Å². The zero-order valence-electron chi connectivity index (χ0n) is 17.0. The molecule has 0 amide bonds. The minimum Gasteiger partial charge on any atom is -0.460 e. The summed E-state index contributed by atoms with van der Waals surface area (Å²) in [6, 6.07) is 5.21. The fourth-order valence-electron chi connectivity index (χ4n) is 2.78. The maximum absolute atomic E-state index is 12.0. The lowest BCUT2D eigenvalue weighted by Gasteiger charge is -2.34. The van der Waals surface area contributed by atoms with Crippen molar-refractivity contribution in [2.45, 2.75) is 51.3 Å². The van der Waals surface area contributed by atoms with Gasteiger partial charge < -0.3 is 28.8 Å². The van der Waals surface area contributed by atoms with Crippen LogP contribution in [0.2, 0.25) is 0 Å². The molecule has 4 atom stereocenters. The van der Waals surface area contributed by atoms with Crippen LogP contribution in [-0.4, -0.2) is 55.2 Å². The standard InChI is InChI=1S/C21H27BrO8/c1-4-16-8-13(3)28-21(29-16)14-6-7-18(17(22)9-14)30-20(25)12-26-10-15(23)11-27-19(24)5-2/h5-7,9,13,15-16,21,23H,2,4,8,10-12H2,1,3H3. The topological polar surface area (TPSA) is 101 Å². The summed E-state index contributed by atoms with van der Waals surface area (Å²) in [5.74, 6) is -0.960. The summed E-state index contributed by atoms with van der Waals surface area (Å²) >= 11 is 3.40. The van der Waals surface area contributed by atoms with E-state index in [1.807, 2.05) is 6.92 Å². The number of halogens is 1. The van der Waals surface area contributed by atoms with Gasteiger partial charge in [-0.2, -0.15) is 0 Å². The summed E-state index contributed by atoms with van der Waals surface area (Å²) in [6.07, 6.45) is 1.46. The monoisotopic (exact) mass is 486 g/mol. The van der Waals surface area contributed by atoms with Crippen molar-refractivity contribution in [1.29, 1.82) is 0 Å². The predicted molar refractivity (Wildman–Crippen MR) is 111 cm³/mol. The van der Waals surface area contributed by atoms with Crippen LogP contribution in [-0.2, 0) is 28.5 Å². The zero-order chi connectivity index (χ0) is 22.1. The smallest absolute Gasteiger partial charge is 0.337 e. The number of carbonyl (C=O) groups excluding carboxylic acids is 2. The average Bonchev–Trinajstić information content (AvgIpc) is 2.72. The van der Waals surface area contributed by atoms with E-state index < -0.39 is 24.3 Å². The van der Waals surface area contributed by atoms with Gasteiger partial charge in [0, 0.05) is 11.6 Å². The lowest BCUT2D eigenvalue weighted by molar-refractivity contribution is -0.243. The second-order valence-electron chi connectivity index (χ2n) is 6.85. The minimum absolute atomic E-state index is 0.0952. The van der Waals surface area contributed by atoms with E-state index in [4.69, 9.17) is 18.9 Å². The Morgan fingerprint density at radius 3 is 2.80 bits per heavy atom. The van der Waals surface area contributed by atoms with Crippen LogP contribution < -0.4 is 4.74 Å². The molecule has 1 fully saturated rings. The van der Waals surface area contributed by atoms with Crippen molar-refractivity contribution in [2.24, 2.45) is 0 Å². The quantitative estimate of drug-likeness (QED) is 0.306. The molecule has 1 aliphatic rings. The van der Waals surface area contributed by atoms with Crippen molar-refractivity contribution in [3.63, 3.8) is 0 Å². The summed E-state index contributed by atoms with van der Waals surface area (Å²) in [7, 11) is 0. The Balaban J connectivity index is 1.82. The summed E-state index contributed by atoms with van der Waals surface area (Å²) in [5.41, 5.74) is 0.820. The van der Waals surface area contributed by atoms with Crippen LogP contribution in [0.15, 0.2) is 35.3 Å². The number of hydrogen-bond donors (Lipinski definition) is 1. The predicted octanol–water partition coefficient (Wildman–Crippen LogP) is 3.06. The van der Waals surface area contributed by atoms with Gasteiger partial charge in [0.05, 0.1) is 23.3 Å². The number of rotatable bonds is 10. The highest BCUT2D eigenvalue weighted by Gasteiger charge is 2.28. The normalized spacial score (nSPS) is 22.2. The molecule has 8 nitrogen and oxygen atoms in total. The highest BCUT2D eigenvalue weighted by molar-refractivity contribution is 9.10. The Hall–Kier alpha value is -1.78. The Morgan fingerprint density at radius 2 is 2.13 bits per heavy atom. The first kappa shape index (κ1) is 24.5. The highest BCUT2D eigenvalue weighted by Crippen LogP contribution is 2.34. The van der Waals surface area contributed by atoms with Crippen molar-refractivity contribution in [1.82, 2.24) is 0 Å². The Labute approximate surface area is 184 Å². The molecule has 0 aromatic heterocycles. The molecule has 1 N–H and O–H groups in total. The van der Waals surface area contributed by atoms with Gasteiger partial charge in [0.25, 0.3) is 0 Å². The molecule has 0 radical (unpaired) electrons. The SMILES string of the molecule is C=CC(=O)OCC(O)COCC(=O)Oc1ccc(C2OC(C)CC(CC)O2)cc1Br. The molecule has 166 valence electrons. The van der Waals surface area contributed by atoms with Gasteiger partial charge in [0.15, 0.2) is 6.29 Å². The summed E-state index contributed by atoms with van der Waals surface area (Å²) in [4.78, 5) is 22.9. The molecule has 4 unspecified atom stereocenters.